The Hall–Kier alpha value is -1.23. The van der Waals surface area contributed by atoms with E-state index in [9.17, 15) is 4.79 Å². The van der Waals surface area contributed by atoms with Crippen molar-refractivity contribution in [3.63, 3.8) is 0 Å². The van der Waals surface area contributed by atoms with Crippen LogP contribution in [0.15, 0.2) is 21.6 Å². The van der Waals surface area contributed by atoms with E-state index in [0.29, 0.717) is 30.4 Å². The average Bonchev–Trinajstić information content (AvgIpc) is 3.12. The Morgan fingerprint density at radius 2 is 2.11 bits per heavy atom. The third kappa shape index (κ3) is 6.41. The van der Waals surface area contributed by atoms with Gasteiger partial charge in [-0.25, -0.2) is 0 Å². The van der Waals surface area contributed by atoms with E-state index in [1.54, 1.807) is 21.3 Å². The van der Waals surface area contributed by atoms with E-state index in [4.69, 9.17) is 9.47 Å². The fraction of sp³-hybridized carbons (Fsp3) is 0.556. The van der Waals surface area contributed by atoms with E-state index < -0.39 is 0 Å². The molecule has 1 aromatic carbocycles. The molecule has 1 aliphatic heterocycles. The number of carbonyl (C=O) groups excluding carboxylic acids is 1. The molecule has 7 nitrogen and oxygen atoms in total. The van der Waals surface area contributed by atoms with Gasteiger partial charge < -0.3 is 25.0 Å². The number of rotatable bonds is 6. The summed E-state index contributed by atoms with van der Waals surface area (Å²) in [5, 5.41) is 6.69. The summed E-state index contributed by atoms with van der Waals surface area (Å²) >= 11 is 3.50. The standard InChI is InChI=1S/C18H27BrN4O3.HI/c1-5-16(24)23-7-6-13(11-23)22-18(20-2)21-10-12-8-14(19)17(26-4)15(9-12)25-3;/h8-9,13H,5-7,10-11H2,1-4H3,(H2,20,21,22);1H. The van der Waals surface area contributed by atoms with Crippen molar-refractivity contribution in [1.82, 2.24) is 15.5 Å². The van der Waals surface area contributed by atoms with E-state index >= 15 is 0 Å². The molecule has 1 heterocycles. The minimum Gasteiger partial charge on any atom is -0.493 e. The molecule has 1 aliphatic rings. The van der Waals surface area contributed by atoms with Crippen LogP contribution < -0.4 is 20.1 Å². The average molecular weight is 555 g/mol. The molecule has 9 heteroatoms. The molecule has 152 valence electrons. The summed E-state index contributed by atoms with van der Waals surface area (Å²) < 4.78 is 11.5. The van der Waals surface area contributed by atoms with Gasteiger partial charge in [0.2, 0.25) is 5.91 Å². The fourth-order valence-electron chi connectivity index (χ4n) is 2.98. The van der Waals surface area contributed by atoms with Crippen LogP contribution in [0.4, 0.5) is 0 Å². The monoisotopic (exact) mass is 554 g/mol. The second-order valence-corrected chi connectivity index (χ2v) is 6.92. The third-order valence-electron chi connectivity index (χ3n) is 4.36. The van der Waals surface area contributed by atoms with Crippen LogP contribution in [0, 0.1) is 0 Å². The summed E-state index contributed by atoms with van der Waals surface area (Å²) in [5.74, 6) is 2.26. The molecule has 1 aromatic rings. The Bertz CT molecular complexity index is 672. The highest BCUT2D eigenvalue weighted by Crippen LogP contribution is 2.36. The van der Waals surface area contributed by atoms with Gasteiger partial charge >= 0.3 is 0 Å². The summed E-state index contributed by atoms with van der Waals surface area (Å²) in [6.45, 7) is 3.99. The van der Waals surface area contributed by atoms with Crippen molar-refractivity contribution >= 4 is 51.8 Å². The van der Waals surface area contributed by atoms with Gasteiger partial charge in [-0.05, 0) is 40.0 Å². The van der Waals surface area contributed by atoms with Crippen molar-refractivity contribution in [3.05, 3.63) is 22.2 Å². The molecule has 0 bridgehead atoms. The quantitative estimate of drug-likeness (QED) is 0.321. The lowest BCUT2D eigenvalue weighted by molar-refractivity contribution is -0.129. The molecule has 1 atom stereocenters. The molecular formula is C18H28BrIN4O3. The number of aliphatic imine (C=N–C) groups is 1. The van der Waals surface area contributed by atoms with Gasteiger partial charge in [-0.3, -0.25) is 9.79 Å². The van der Waals surface area contributed by atoms with Gasteiger partial charge in [-0.15, -0.1) is 24.0 Å². The molecule has 0 spiro atoms. The highest BCUT2D eigenvalue weighted by Gasteiger charge is 2.25. The first-order valence-corrected chi connectivity index (χ1v) is 9.47. The van der Waals surface area contributed by atoms with Crippen LogP contribution in [0.3, 0.4) is 0 Å². The first-order chi connectivity index (χ1) is 12.5. The molecule has 0 radical (unpaired) electrons. The normalized spacial score (nSPS) is 16.6. The Balaban J connectivity index is 0.00000364. The molecule has 2 rings (SSSR count). The molecule has 27 heavy (non-hydrogen) atoms. The first-order valence-electron chi connectivity index (χ1n) is 8.67. The van der Waals surface area contributed by atoms with E-state index in [1.807, 2.05) is 24.0 Å². The number of guanidine groups is 1. The minimum absolute atomic E-state index is 0. The Labute approximate surface area is 186 Å². The predicted molar refractivity (Wildman–Crippen MR) is 121 cm³/mol. The van der Waals surface area contributed by atoms with Gasteiger partial charge in [-0.1, -0.05) is 6.92 Å². The lowest BCUT2D eigenvalue weighted by atomic mass is 10.2. The SMILES string of the molecule is CCC(=O)N1CCC(NC(=NC)NCc2cc(Br)c(OC)c(OC)c2)C1.I. The van der Waals surface area contributed by atoms with Crippen LogP contribution >= 0.6 is 39.9 Å². The van der Waals surface area contributed by atoms with Crippen LogP contribution in [0.1, 0.15) is 25.3 Å². The molecule has 2 N–H and O–H groups in total. The molecule has 1 unspecified atom stereocenters. The number of likely N-dealkylation sites (tertiary alicyclic amines) is 1. The molecule has 1 amide bonds. The summed E-state index contributed by atoms with van der Waals surface area (Å²) in [6, 6.07) is 4.13. The highest BCUT2D eigenvalue weighted by atomic mass is 127. The molecule has 0 aliphatic carbocycles. The zero-order chi connectivity index (χ0) is 19.1. The minimum atomic E-state index is 0. The molecular weight excluding hydrogens is 527 g/mol. The third-order valence-corrected chi connectivity index (χ3v) is 4.95. The fourth-order valence-corrected chi connectivity index (χ4v) is 3.63. The summed E-state index contributed by atoms with van der Waals surface area (Å²) in [5.41, 5.74) is 1.03. The van der Waals surface area contributed by atoms with E-state index in [1.165, 1.54) is 0 Å². The number of hydrogen-bond acceptors (Lipinski definition) is 4. The number of halogens is 2. The number of benzene rings is 1. The first kappa shape index (κ1) is 23.8. The summed E-state index contributed by atoms with van der Waals surface area (Å²) in [7, 11) is 4.97. The Morgan fingerprint density at radius 3 is 2.70 bits per heavy atom. The molecule has 0 saturated carbocycles. The Kier molecular flexibility index (Phi) is 10.2. The highest BCUT2D eigenvalue weighted by molar-refractivity contribution is 14.0. The zero-order valence-electron chi connectivity index (χ0n) is 16.2. The van der Waals surface area contributed by atoms with Crippen LogP contribution in [-0.4, -0.2) is 57.2 Å². The largest absolute Gasteiger partial charge is 0.493 e. The number of ether oxygens (including phenoxy) is 2. The van der Waals surface area contributed by atoms with Crippen molar-refractivity contribution in [2.45, 2.75) is 32.4 Å². The maximum Gasteiger partial charge on any atom is 0.222 e. The number of nitrogens with one attached hydrogen (secondary N) is 2. The second kappa shape index (κ2) is 11.6. The molecule has 1 saturated heterocycles. The number of hydrogen-bond donors (Lipinski definition) is 2. The number of nitrogens with zero attached hydrogens (tertiary/aromatic N) is 2. The number of amides is 1. The summed E-state index contributed by atoms with van der Waals surface area (Å²) in [6.07, 6.45) is 1.47. The van der Waals surface area contributed by atoms with Crippen molar-refractivity contribution in [2.24, 2.45) is 4.99 Å². The molecule has 0 aromatic heterocycles. The lowest BCUT2D eigenvalue weighted by Crippen LogP contribution is -2.44. The molecule has 1 fully saturated rings. The lowest BCUT2D eigenvalue weighted by Gasteiger charge is -2.19. The Morgan fingerprint density at radius 1 is 1.37 bits per heavy atom. The van der Waals surface area contributed by atoms with Crippen LogP contribution in [0.2, 0.25) is 0 Å². The van der Waals surface area contributed by atoms with E-state index in [-0.39, 0.29) is 35.9 Å². The van der Waals surface area contributed by atoms with Crippen LogP contribution in [-0.2, 0) is 11.3 Å². The smallest absolute Gasteiger partial charge is 0.222 e. The van der Waals surface area contributed by atoms with Gasteiger partial charge in [0.1, 0.15) is 0 Å². The van der Waals surface area contributed by atoms with Crippen molar-refractivity contribution in [1.29, 1.82) is 0 Å². The van der Waals surface area contributed by atoms with Crippen molar-refractivity contribution < 1.29 is 14.3 Å². The van der Waals surface area contributed by atoms with Gasteiger partial charge in [0.15, 0.2) is 17.5 Å². The number of carbonyl (C=O) groups is 1. The maximum absolute atomic E-state index is 11.8. The topological polar surface area (TPSA) is 75.2 Å². The maximum atomic E-state index is 11.8. The predicted octanol–water partition coefficient (Wildman–Crippen LogP) is 2.76. The van der Waals surface area contributed by atoms with Crippen LogP contribution in [0.5, 0.6) is 11.5 Å². The van der Waals surface area contributed by atoms with E-state index in [2.05, 4.69) is 31.6 Å². The number of methoxy groups -OCH3 is 2. The van der Waals surface area contributed by atoms with Gasteiger partial charge in [0, 0.05) is 39.1 Å². The van der Waals surface area contributed by atoms with Gasteiger partial charge in [0.05, 0.1) is 18.7 Å². The van der Waals surface area contributed by atoms with Crippen molar-refractivity contribution in [3.8, 4) is 11.5 Å². The zero-order valence-corrected chi connectivity index (χ0v) is 20.1. The van der Waals surface area contributed by atoms with E-state index in [0.717, 1.165) is 29.5 Å². The van der Waals surface area contributed by atoms with Gasteiger partial charge in [0.25, 0.3) is 0 Å². The van der Waals surface area contributed by atoms with Crippen LogP contribution in [0.25, 0.3) is 0 Å². The van der Waals surface area contributed by atoms with Crippen molar-refractivity contribution in [2.75, 3.05) is 34.4 Å². The summed E-state index contributed by atoms with van der Waals surface area (Å²) in [4.78, 5) is 18.0. The second-order valence-electron chi connectivity index (χ2n) is 6.06. The van der Waals surface area contributed by atoms with Gasteiger partial charge in [-0.2, -0.15) is 0 Å².